The Labute approximate surface area is 96.2 Å². The van der Waals surface area contributed by atoms with E-state index in [-0.39, 0.29) is 5.56 Å². The summed E-state index contributed by atoms with van der Waals surface area (Å²) in [5, 5.41) is 0. The summed E-state index contributed by atoms with van der Waals surface area (Å²) in [5.41, 5.74) is 0.668. The third kappa shape index (κ3) is 3.17. The maximum Gasteiger partial charge on any atom is 0.126 e. The van der Waals surface area contributed by atoms with Crippen LogP contribution in [0, 0.1) is 17.5 Å². The molecule has 0 radical (unpaired) electrons. The lowest BCUT2D eigenvalue weighted by Crippen LogP contribution is -1.86. The molecule has 1 nitrogen and oxygen atoms in total. The lowest BCUT2D eigenvalue weighted by atomic mass is 10.2. The summed E-state index contributed by atoms with van der Waals surface area (Å²) in [6.07, 6.45) is 1.28. The topological polar surface area (TPSA) is 12.4 Å². The highest BCUT2D eigenvalue weighted by molar-refractivity contribution is 5.81. The van der Waals surface area contributed by atoms with Gasteiger partial charge in [-0.25, -0.2) is 13.2 Å². The summed E-state index contributed by atoms with van der Waals surface area (Å²) in [6, 6.07) is 8.69. The van der Waals surface area contributed by atoms with E-state index < -0.39 is 17.5 Å². The van der Waals surface area contributed by atoms with E-state index in [1.807, 2.05) is 0 Å². The van der Waals surface area contributed by atoms with Gasteiger partial charge in [0.25, 0.3) is 0 Å². The minimum Gasteiger partial charge on any atom is -0.256 e. The van der Waals surface area contributed by atoms with Crippen molar-refractivity contribution in [3.8, 4) is 0 Å². The maximum atomic E-state index is 12.9. The van der Waals surface area contributed by atoms with Crippen LogP contribution in [-0.2, 0) is 0 Å². The van der Waals surface area contributed by atoms with Crippen molar-refractivity contribution in [1.82, 2.24) is 0 Å². The van der Waals surface area contributed by atoms with Gasteiger partial charge in [0, 0.05) is 12.3 Å². The molecule has 0 aliphatic heterocycles. The monoisotopic (exact) mass is 235 g/mol. The van der Waals surface area contributed by atoms with E-state index in [0.29, 0.717) is 5.69 Å². The molecule has 0 atom stereocenters. The molecule has 17 heavy (non-hydrogen) atoms. The van der Waals surface area contributed by atoms with Crippen LogP contribution in [0.2, 0.25) is 0 Å². The lowest BCUT2D eigenvalue weighted by molar-refractivity contribution is 0.583. The number of aliphatic imine (C=N–C) groups is 1. The highest BCUT2D eigenvalue weighted by atomic mass is 19.1. The van der Waals surface area contributed by atoms with E-state index >= 15 is 0 Å². The first-order chi connectivity index (χ1) is 8.13. The molecule has 2 aromatic rings. The summed E-state index contributed by atoms with van der Waals surface area (Å²) in [6.45, 7) is 0. The van der Waals surface area contributed by atoms with Crippen molar-refractivity contribution in [3.63, 3.8) is 0 Å². The minimum atomic E-state index is -0.675. The predicted octanol–water partition coefficient (Wildman–Crippen LogP) is 3.85. The number of hydrogen-bond acceptors (Lipinski definition) is 1. The summed E-state index contributed by atoms with van der Waals surface area (Å²) < 4.78 is 38.5. The summed E-state index contributed by atoms with van der Waals surface area (Å²) in [7, 11) is 0. The largest absolute Gasteiger partial charge is 0.256 e. The summed E-state index contributed by atoms with van der Waals surface area (Å²) in [4.78, 5) is 3.92. The third-order valence-electron chi connectivity index (χ3n) is 2.06. The molecule has 0 saturated carbocycles. The van der Waals surface area contributed by atoms with Crippen molar-refractivity contribution in [3.05, 3.63) is 65.5 Å². The fourth-order valence-corrected chi connectivity index (χ4v) is 1.36. The van der Waals surface area contributed by atoms with E-state index in [1.54, 1.807) is 6.07 Å². The first-order valence-electron chi connectivity index (χ1n) is 4.89. The van der Waals surface area contributed by atoms with Gasteiger partial charge in [0.2, 0.25) is 0 Å². The van der Waals surface area contributed by atoms with Gasteiger partial charge in [0.1, 0.15) is 17.5 Å². The van der Waals surface area contributed by atoms with Gasteiger partial charge in [-0.1, -0.05) is 6.07 Å². The van der Waals surface area contributed by atoms with Crippen LogP contribution in [0.25, 0.3) is 0 Å². The van der Waals surface area contributed by atoms with Gasteiger partial charge in [-0.3, -0.25) is 4.99 Å². The van der Waals surface area contributed by atoms with Gasteiger partial charge in [-0.15, -0.1) is 0 Å². The van der Waals surface area contributed by atoms with E-state index in [2.05, 4.69) is 4.99 Å². The molecule has 0 heterocycles. The summed E-state index contributed by atoms with van der Waals surface area (Å²) in [5.74, 6) is -1.76. The standard InChI is InChI=1S/C13H8F3N/c14-10-2-1-3-13(7-10)17-8-9-4-11(15)6-12(16)5-9/h1-8H/b17-8+. The molecule has 86 valence electrons. The Morgan fingerprint density at radius 1 is 0.824 bits per heavy atom. The molecule has 0 fully saturated rings. The number of benzene rings is 2. The molecule has 0 saturated heterocycles. The van der Waals surface area contributed by atoms with Gasteiger partial charge >= 0.3 is 0 Å². The fraction of sp³-hybridized carbons (Fsp3) is 0. The average Bonchev–Trinajstić information content (AvgIpc) is 2.25. The minimum absolute atomic E-state index is 0.284. The molecule has 0 aliphatic rings. The van der Waals surface area contributed by atoms with Crippen LogP contribution in [0.3, 0.4) is 0 Å². The zero-order valence-electron chi connectivity index (χ0n) is 8.70. The Bertz CT molecular complexity index is 544. The van der Waals surface area contributed by atoms with Crippen LogP contribution in [0.5, 0.6) is 0 Å². The Hall–Kier alpha value is -2.10. The van der Waals surface area contributed by atoms with Gasteiger partial charge in [0.15, 0.2) is 0 Å². The molecule has 0 aliphatic carbocycles. The highest BCUT2D eigenvalue weighted by Crippen LogP contribution is 2.13. The number of nitrogens with zero attached hydrogens (tertiary/aromatic N) is 1. The van der Waals surface area contributed by atoms with E-state index in [1.165, 1.54) is 24.4 Å². The van der Waals surface area contributed by atoms with Crippen molar-refractivity contribution in [1.29, 1.82) is 0 Å². The first kappa shape index (κ1) is 11.4. The fourth-order valence-electron chi connectivity index (χ4n) is 1.36. The maximum absolute atomic E-state index is 12.9. The Morgan fingerprint density at radius 3 is 2.18 bits per heavy atom. The lowest BCUT2D eigenvalue weighted by Gasteiger charge is -1.96. The smallest absolute Gasteiger partial charge is 0.126 e. The second kappa shape index (κ2) is 4.82. The predicted molar refractivity (Wildman–Crippen MR) is 60.0 cm³/mol. The highest BCUT2D eigenvalue weighted by Gasteiger charge is 1.98. The molecule has 0 spiro atoms. The van der Waals surface area contributed by atoms with Gasteiger partial charge in [-0.2, -0.15) is 0 Å². The van der Waals surface area contributed by atoms with Crippen LogP contribution in [0.15, 0.2) is 47.5 Å². The van der Waals surface area contributed by atoms with E-state index in [9.17, 15) is 13.2 Å². The Balaban J connectivity index is 2.25. The van der Waals surface area contributed by atoms with Crippen molar-refractivity contribution >= 4 is 11.9 Å². The van der Waals surface area contributed by atoms with Crippen molar-refractivity contribution in [2.24, 2.45) is 4.99 Å². The molecule has 0 amide bonds. The Kier molecular flexibility index (Phi) is 3.23. The third-order valence-corrected chi connectivity index (χ3v) is 2.06. The van der Waals surface area contributed by atoms with Crippen LogP contribution < -0.4 is 0 Å². The molecule has 0 bridgehead atoms. The quantitative estimate of drug-likeness (QED) is 0.701. The molecule has 2 aromatic carbocycles. The molecule has 4 heteroatoms. The molecule has 0 N–H and O–H groups in total. The second-order valence-electron chi connectivity index (χ2n) is 3.44. The number of rotatable bonds is 2. The van der Waals surface area contributed by atoms with Crippen molar-refractivity contribution in [2.75, 3.05) is 0 Å². The number of hydrogen-bond donors (Lipinski definition) is 0. The molecule has 0 unspecified atom stereocenters. The van der Waals surface area contributed by atoms with Gasteiger partial charge in [-0.05, 0) is 35.9 Å². The van der Waals surface area contributed by atoms with Gasteiger partial charge in [0.05, 0.1) is 5.69 Å². The van der Waals surface area contributed by atoms with Gasteiger partial charge < -0.3 is 0 Å². The summed E-state index contributed by atoms with van der Waals surface area (Å²) >= 11 is 0. The zero-order valence-corrected chi connectivity index (χ0v) is 8.70. The van der Waals surface area contributed by atoms with E-state index in [4.69, 9.17) is 0 Å². The average molecular weight is 235 g/mol. The van der Waals surface area contributed by atoms with Crippen molar-refractivity contribution in [2.45, 2.75) is 0 Å². The molecular weight excluding hydrogens is 227 g/mol. The van der Waals surface area contributed by atoms with E-state index in [0.717, 1.165) is 18.2 Å². The normalized spacial score (nSPS) is 11.0. The molecule has 2 rings (SSSR count). The Morgan fingerprint density at radius 2 is 1.53 bits per heavy atom. The SMILES string of the molecule is Fc1cc(F)cc(/C=N/c2cccc(F)c2)c1. The van der Waals surface area contributed by atoms with Crippen LogP contribution in [-0.4, -0.2) is 6.21 Å². The van der Waals surface area contributed by atoms with Crippen LogP contribution in [0.4, 0.5) is 18.9 Å². The molecule has 0 aromatic heterocycles. The van der Waals surface area contributed by atoms with Crippen LogP contribution in [0.1, 0.15) is 5.56 Å². The van der Waals surface area contributed by atoms with Crippen molar-refractivity contribution < 1.29 is 13.2 Å². The zero-order chi connectivity index (χ0) is 12.3. The first-order valence-corrected chi connectivity index (χ1v) is 4.89. The van der Waals surface area contributed by atoms with Crippen LogP contribution >= 0.6 is 0 Å². The molecular formula is C13H8F3N. The number of halogens is 3. The second-order valence-corrected chi connectivity index (χ2v) is 3.44.